The second kappa shape index (κ2) is 9.01. The fourth-order valence-electron chi connectivity index (χ4n) is 6.66. The van der Waals surface area contributed by atoms with Gasteiger partial charge in [-0.05, 0) is 29.9 Å². The summed E-state index contributed by atoms with van der Waals surface area (Å²) in [6, 6.07) is -0.0143. The summed E-state index contributed by atoms with van der Waals surface area (Å²) in [6.45, 7) is 3.58. The van der Waals surface area contributed by atoms with E-state index < -0.39 is 23.3 Å². The monoisotopic (exact) mass is 567 g/mol. The summed E-state index contributed by atoms with van der Waals surface area (Å²) >= 11 is 0. The van der Waals surface area contributed by atoms with Gasteiger partial charge in [0.25, 0.3) is 11.8 Å². The number of anilines is 2. The third kappa shape index (κ3) is 3.93. The number of likely N-dealkylation sites (tertiary alicyclic amines) is 1. The number of fused-ring (bicyclic) bond motifs is 3. The molecule has 0 radical (unpaired) electrons. The van der Waals surface area contributed by atoms with Gasteiger partial charge in [0.15, 0.2) is 35.4 Å². The Kier molecular flexibility index (Phi) is 5.45. The molecule has 2 N–H and O–H groups in total. The van der Waals surface area contributed by atoms with Gasteiger partial charge in [0.2, 0.25) is 0 Å². The molecule has 3 aromatic rings. The molecule has 1 aromatic carbocycles. The molecule has 3 saturated heterocycles. The molecule has 4 aliphatic heterocycles. The van der Waals surface area contributed by atoms with Crippen LogP contribution in [0.2, 0.25) is 0 Å². The Morgan fingerprint density at radius 1 is 1.10 bits per heavy atom. The first-order valence-corrected chi connectivity index (χ1v) is 13.8. The van der Waals surface area contributed by atoms with Crippen molar-refractivity contribution in [2.45, 2.75) is 37.3 Å². The number of nitrogens with one attached hydrogen (secondary N) is 2. The van der Waals surface area contributed by atoms with Crippen LogP contribution >= 0.6 is 0 Å². The van der Waals surface area contributed by atoms with E-state index in [1.54, 1.807) is 0 Å². The summed E-state index contributed by atoms with van der Waals surface area (Å²) in [4.78, 5) is 36.7. The quantitative estimate of drug-likeness (QED) is 0.473. The van der Waals surface area contributed by atoms with Crippen molar-refractivity contribution in [3.8, 4) is 5.88 Å². The van der Waals surface area contributed by atoms with Crippen molar-refractivity contribution in [3.05, 3.63) is 29.0 Å². The highest BCUT2D eigenvalue weighted by atomic mass is 19.1. The molecule has 1 spiro atoms. The number of carbonyl (C=O) groups excluding carboxylic acids is 2. The molecular formula is C26H27F2N9O4. The number of nitrogens with zero attached hydrogens (tertiary/aromatic N) is 7. The maximum atomic E-state index is 15.7. The highest BCUT2D eigenvalue weighted by molar-refractivity contribution is 5.94. The number of aromatic nitrogens is 5. The summed E-state index contributed by atoms with van der Waals surface area (Å²) in [7, 11) is 0. The predicted octanol–water partition coefficient (Wildman–Crippen LogP) is 1.18. The van der Waals surface area contributed by atoms with Crippen LogP contribution in [0.25, 0.3) is 11.0 Å². The molecule has 0 saturated carbocycles. The van der Waals surface area contributed by atoms with E-state index in [0.717, 1.165) is 0 Å². The molecule has 1 unspecified atom stereocenters. The average molecular weight is 568 g/mol. The summed E-state index contributed by atoms with van der Waals surface area (Å²) in [6.07, 6.45) is 3.08. The molecule has 2 amide bonds. The van der Waals surface area contributed by atoms with Gasteiger partial charge in [-0.15, -0.1) is 5.10 Å². The molecule has 2 aromatic heterocycles. The van der Waals surface area contributed by atoms with Crippen molar-refractivity contribution in [2.75, 3.05) is 56.1 Å². The number of hydrogen-bond donors (Lipinski definition) is 2. The van der Waals surface area contributed by atoms with Crippen molar-refractivity contribution in [3.63, 3.8) is 0 Å². The Hall–Kier alpha value is -3.98. The minimum absolute atomic E-state index is 0.0137. The number of halogens is 2. The van der Waals surface area contributed by atoms with Crippen LogP contribution in [-0.2, 0) is 22.4 Å². The third-order valence-electron chi connectivity index (χ3n) is 8.95. The van der Waals surface area contributed by atoms with Crippen LogP contribution in [0.3, 0.4) is 0 Å². The van der Waals surface area contributed by atoms with E-state index in [2.05, 4.69) is 35.8 Å². The molecule has 41 heavy (non-hydrogen) atoms. The molecule has 8 rings (SSSR count). The largest absolute Gasteiger partial charge is 0.465 e. The normalized spacial score (nSPS) is 23.8. The Bertz CT molecular complexity index is 1600. The number of ether oxygens (including phenoxy) is 2. The van der Waals surface area contributed by atoms with E-state index in [0.29, 0.717) is 76.1 Å². The van der Waals surface area contributed by atoms with Crippen LogP contribution in [0.5, 0.6) is 5.88 Å². The molecule has 0 bridgehead atoms. The van der Waals surface area contributed by atoms with Gasteiger partial charge in [0.05, 0.1) is 18.8 Å². The van der Waals surface area contributed by atoms with E-state index in [1.807, 2.05) is 0 Å². The zero-order valence-corrected chi connectivity index (χ0v) is 22.0. The SMILES string of the molecule is O=C1COc2ncc(N3CC4(CCN(CC5Cc6c(c(F)c7c(nnn7C7CNC7)c6F)C5)CC4)OC3=O)nc2N1. The van der Waals surface area contributed by atoms with Crippen LogP contribution in [0.4, 0.5) is 25.2 Å². The van der Waals surface area contributed by atoms with Crippen molar-refractivity contribution >= 4 is 34.7 Å². The van der Waals surface area contributed by atoms with Gasteiger partial charge in [-0.25, -0.2) is 28.2 Å². The molecule has 15 heteroatoms. The summed E-state index contributed by atoms with van der Waals surface area (Å²) < 4.78 is 43.7. The van der Waals surface area contributed by atoms with E-state index >= 15 is 8.78 Å². The van der Waals surface area contributed by atoms with Gasteiger partial charge in [-0.2, -0.15) is 0 Å². The predicted molar refractivity (Wildman–Crippen MR) is 139 cm³/mol. The van der Waals surface area contributed by atoms with Gasteiger partial charge in [-0.3, -0.25) is 9.69 Å². The average Bonchev–Trinajstić information content (AvgIpc) is 3.64. The molecule has 3 fully saturated rings. The lowest BCUT2D eigenvalue weighted by Gasteiger charge is -2.38. The fraction of sp³-hybridized carbons (Fsp3) is 0.538. The van der Waals surface area contributed by atoms with Crippen LogP contribution in [-0.4, -0.2) is 93.3 Å². The zero-order valence-electron chi connectivity index (χ0n) is 22.0. The van der Waals surface area contributed by atoms with Crippen LogP contribution in [0.1, 0.15) is 30.0 Å². The standard InChI is InChI=1S/C26H27F2N9O4/c27-19-15-5-13(6-16(15)20(28)22-21(19)33-34-37(22)14-7-29-8-14)10-35-3-1-26(2-4-35)12-36(25(39)41-26)17-9-30-24-23(31-17)32-18(38)11-40-24/h9,13-14,29H,1-8,10-12H2,(H,31,32,38). The van der Waals surface area contributed by atoms with Gasteiger partial charge in [0, 0.05) is 45.6 Å². The maximum Gasteiger partial charge on any atom is 0.416 e. The number of amides is 2. The van der Waals surface area contributed by atoms with Crippen molar-refractivity contribution in [1.82, 2.24) is 35.2 Å². The first-order valence-electron chi connectivity index (χ1n) is 13.8. The molecule has 1 atom stereocenters. The lowest BCUT2D eigenvalue weighted by atomic mass is 9.90. The highest BCUT2D eigenvalue weighted by Gasteiger charge is 2.48. The smallest absolute Gasteiger partial charge is 0.416 e. The summed E-state index contributed by atoms with van der Waals surface area (Å²) in [5.74, 6) is -0.450. The Morgan fingerprint density at radius 3 is 2.63 bits per heavy atom. The summed E-state index contributed by atoms with van der Waals surface area (Å²) in [5, 5.41) is 13.8. The fourth-order valence-corrected chi connectivity index (χ4v) is 6.66. The van der Waals surface area contributed by atoms with E-state index in [1.165, 1.54) is 15.8 Å². The molecule has 1 aliphatic carbocycles. The first kappa shape index (κ1) is 24.8. The second-order valence-corrected chi connectivity index (χ2v) is 11.6. The highest BCUT2D eigenvalue weighted by Crippen LogP contribution is 2.39. The van der Waals surface area contributed by atoms with E-state index in [-0.39, 0.29) is 53.0 Å². The van der Waals surface area contributed by atoms with Gasteiger partial charge in [-0.1, -0.05) is 5.21 Å². The topological polar surface area (TPSA) is 140 Å². The molecule has 6 heterocycles. The molecular weight excluding hydrogens is 540 g/mol. The van der Waals surface area contributed by atoms with Gasteiger partial charge < -0.3 is 25.0 Å². The number of carbonyl (C=O) groups is 2. The minimum atomic E-state index is -0.659. The number of rotatable bonds is 4. The number of hydrogen-bond acceptors (Lipinski definition) is 10. The molecule has 214 valence electrons. The zero-order chi connectivity index (χ0) is 27.9. The molecule has 13 nitrogen and oxygen atoms in total. The van der Waals surface area contributed by atoms with Crippen LogP contribution < -0.4 is 20.3 Å². The Labute approximate surface area is 232 Å². The summed E-state index contributed by atoms with van der Waals surface area (Å²) in [5.41, 5.74) is 0.380. The lowest BCUT2D eigenvalue weighted by Crippen LogP contribution is -2.48. The third-order valence-corrected chi connectivity index (χ3v) is 8.95. The Balaban J connectivity index is 0.930. The van der Waals surface area contributed by atoms with Crippen molar-refractivity contribution < 1.29 is 27.8 Å². The van der Waals surface area contributed by atoms with Crippen molar-refractivity contribution in [1.29, 1.82) is 0 Å². The van der Waals surface area contributed by atoms with E-state index in [4.69, 9.17) is 9.47 Å². The lowest BCUT2D eigenvalue weighted by molar-refractivity contribution is -0.118. The molecule has 5 aliphatic rings. The second-order valence-electron chi connectivity index (χ2n) is 11.6. The first-order chi connectivity index (χ1) is 19.9. The van der Waals surface area contributed by atoms with Crippen LogP contribution in [0, 0.1) is 17.6 Å². The van der Waals surface area contributed by atoms with Gasteiger partial charge >= 0.3 is 6.09 Å². The number of benzene rings is 1. The van der Waals surface area contributed by atoms with Gasteiger partial charge in [0.1, 0.15) is 11.1 Å². The van der Waals surface area contributed by atoms with Crippen LogP contribution in [0.15, 0.2) is 6.20 Å². The number of piperidine rings is 1. The van der Waals surface area contributed by atoms with E-state index in [9.17, 15) is 9.59 Å². The minimum Gasteiger partial charge on any atom is -0.465 e. The maximum absolute atomic E-state index is 15.7. The Morgan fingerprint density at radius 2 is 1.88 bits per heavy atom. The van der Waals surface area contributed by atoms with Crippen molar-refractivity contribution in [2.24, 2.45) is 5.92 Å².